The van der Waals surface area contributed by atoms with Crippen molar-refractivity contribution in [2.45, 2.75) is 39.2 Å². The molecule has 0 radical (unpaired) electrons. The number of piperidine rings is 1. The van der Waals surface area contributed by atoms with Crippen LogP contribution in [0.5, 0.6) is 5.75 Å². The second-order valence-electron chi connectivity index (χ2n) is 7.44. The van der Waals surface area contributed by atoms with Gasteiger partial charge in [0.1, 0.15) is 23.2 Å². The molecular formula is C23H28N6O. The Bertz CT molecular complexity index is 1040. The van der Waals surface area contributed by atoms with E-state index in [1.54, 1.807) is 6.20 Å². The third kappa shape index (κ3) is 3.91. The molecule has 0 spiro atoms. The zero-order valence-corrected chi connectivity index (χ0v) is 17.5. The normalized spacial score (nSPS) is 16.2. The van der Waals surface area contributed by atoms with Crippen LogP contribution in [0.25, 0.3) is 5.52 Å². The van der Waals surface area contributed by atoms with E-state index in [1.807, 2.05) is 41.8 Å². The van der Waals surface area contributed by atoms with Crippen molar-refractivity contribution in [3.05, 3.63) is 47.7 Å². The summed E-state index contributed by atoms with van der Waals surface area (Å²) in [7, 11) is 0. The number of anilines is 3. The van der Waals surface area contributed by atoms with Gasteiger partial charge in [0.25, 0.3) is 0 Å². The highest BCUT2D eigenvalue weighted by atomic mass is 16.5. The topological polar surface area (TPSA) is 86.4 Å². The van der Waals surface area contributed by atoms with Crippen LogP contribution in [-0.4, -0.2) is 35.4 Å². The van der Waals surface area contributed by atoms with E-state index in [0.717, 1.165) is 66.4 Å². The second-order valence-corrected chi connectivity index (χ2v) is 7.44. The van der Waals surface area contributed by atoms with Crippen LogP contribution in [0.15, 0.2) is 36.5 Å². The van der Waals surface area contributed by atoms with Gasteiger partial charge in [-0.2, -0.15) is 10.4 Å². The fourth-order valence-corrected chi connectivity index (χ4v) is 4.06. The number of rotatable bonds is 7. The Balaban J connectivity index is 1.77. The number of pyridine rings is 1. The largest absolute Gasteiger partial charge is 0.494 e. The molecule has 0 aliphatic carbocycles. The number of nitrogens with one attached hydrogen (secondary N) is 3. The van der Waals surface area contributed by atoms with Crippen molar-refractivity contribution in [1.82, 2.24) is 14.9 Å². The zero-order chi connectivity index (χ0) is 20.9. The number of aromatic nitrogens is 2. The smallest absolute Gasteiger partial charge is 0.137 e. The van der Waals surface area contributed by atoms with Crippen LogP contribution < -0.4 is 20.7 Å². The van der Waals surface area contributed by atoms with Crippen LogP contribution in [0.2, 0.25) is 0 Å². The maximum atomic E-state index is 9.96. The van der Waals surface area contributed by atoms with Crippen molar-refractivity contribution in [2.75, 3.05) is 30.3 Å². The average Bonchev–Trinajstić information content (AvgIpc) is 3.26. The van der Waals surface area contributed by atoms with E-state index in [1.165, 1.54) is 0 Å². The molecule has 0 saturated carbocycles. The maximum Gasteiger partial charge on any atom is 0.137 e. The third-order valence-corrected chi connectivity index (χ3v) is 5.49. The van der Waals surface area contributed by atoms with Gasteiger partial charge in [-0.25, -0.2) is 4.52 Å². The zero-order valence-electron chi connectivity index (χ0n) is 17.5. The van der Waals surface area contributed by atoms with E-state index in [2.05, 4.69) is 34.0 Å². The molecule has 0 bridgehead atoms. The molecule has 0 unspecified atom stereocenters. The minimum absolute atomic E-state index is 0.305. The summed E-state index contributed by atoms with van der Waals surface area (Å²) in [6.45, 7) is 6.68. The number of hydrogen-bond acceptors (Lipinski definition) is 6. The summed E-state index contributed by atoms with van der Waals surface area (Å²) in [6.07, 6.45) is 4.73. The lowest BCUT2D eigenvalue weighted by atomic mass is 10.0. The summed E-state index contributed by atoms with van der Waals surface area (Å²) in [6, 6.07) is 12.5. The van der Waals surface area contributed by atoms with Gasteiger partial charge in [0.15, 0.2) is 0 Å². The number of nitriles is 1. The maximum absolute atomic E-state index is 9.96. The lowest BCUT2D eigenvalue weighted by molar-refractivity contribution is 0.340. The van der Waals surface area contributed by atoms with E-state index in [-0.39, 0.29) is 0 Å². The number of benzene rings is 1. The summed E-state index contributed by atoms with van der Waals surface area (Å²) in [5, 5.41) is 25.1. The van der Waals surface area contributed by atoms with Gasteiger partial charge in [-0.1, -0.05) is 6.92 Å². The molecule has 1 aromatic carbocycles. The highest BCUT2D eigenvalue weighted by molar-refractivity contribution is 5.82. The van der Waals surface area contributed by atoms with Crippen LogP contribution in [0.3, 0.4) is 0 Å². The molecule has 1 saturated heterocycles. The Morgan fingerprint density at radius 3 is 2.77 bits per heavy atom. The van der Waals surface area contributed by atoms with Crippen molar-refractivity contribution < 1.29 is 4.74 Å². The lowest BCUT2D eigenvalue weighted by Gasteiger charge is -2.28. The molecule has 7 nitrogen and oxygen atoms in total. The third-order valence-electron chi connectivity index (χ3n) is 5.49. The summed E-state index contributed by atoms with van der Waals surface area (Å²) >= 11 is 0. The van der Waals surface area contributed by atoms with E-state index in [9.17, 15) is 5.26 Å². The highest BCUT2D eigenvalue weighted by Crippen LogP contribution is 2.35. The van der Waals surface area contributed by atoms with Crippen LogP contribution in [0.4, 0.5) is 17.2 Å². The molecule has 7 heteroatoms. The van der Waals surface area contributed by atoms with Crippen molar-refractivity contribution in [2.24, 2.45) is 0 Å². The summed E-state index contributed by atoms with van der Waals surface area (Å²) in [5.74, 6) is 1.72. The standard InChI is InChI=1S/C23H28N6O/c1-3-19-22(27-17-6-5-12-25-15-17)20(14-24)21-11-13-26-29(21)23(19)28-16-7-9-18(10-8-16)30-4-2/h7-11,13,17,25,27-28H,3-6,12,15H2,1-2H3/t17-/m1/s1. The lowest BCUT2D eigenvalue weighted by Crippen LogP contribution is -2.38. The van der Waals surface area contributed by atoms with Crippen LogP contribution >= 0.6 is 0 Å². The van der Waals surface area contributed by atoms with Crippen molar-refractivity contribution in [1.29, 1.82) is 5.26 Å². The Kier molecular flexibility index (Phi) is 6.05. The monoisotopic (exact) mass is 404 g/mol. The van der Waals surface area contributed by atoms with E-state index in [4.69, 9.17) is 4.74 Å². The first-order valence-electron chi connectivity index (χ1n) is 10.6. The van der Waals surface area contributed by atoms with E-state index >= 15 is 0 Å². The number of nitrogens with zero attached hydrogens (tertiary/aromatic N) is 3. The molecular weight excluding hydrogens is 376 g/mol. The molecule has 1 atom stereocenters. The quantitative estimate of drug-likeness (QED) is 0.550. The predicted molar refractivity (Wildman–Crippen MR) is 120 cm³/mol. The second kappa shape index (κ2) is 9.06. The van der Waals surface area contributed by atoms with E-state index in [0.29, 0.717) is 18.2 Å². The summed E-state index contributed by atoms with van der Waals surface area (Å²) in [5.41, 5.74) is 4.36. The van der Waals surface area contributed by atoms with Gasteiger partial charge in [-0.3, -0.25) is 0 Å². The van der Waals surface area contributed by atoms with Crippen molar-refractivity contribution >= 4 is 22.7 Å². The number of ether oxygens (including phenoxy) is 1. The SMILES string of the molecule is CCOc1ccc(Nc2c(CC)c(N[C@@H]3CCCNC3)c(C#N)c3ccnn23)cc1. The minimum Gasteiger partial charge on any atom is -0.494 e. The highest BCUT2D eigenvalue weighted by Gasteiger charge is 2.22. The summed E-state index contributed by atoms with van der Waals surface area (Å²) < 4.78 is 7.38. The minimum atomic E-state index is 0.305. The van der Waals surface area contributed by atoms with Crippen molar-refractivity contribution in [3.8, 4) is 11.8 Å². The Hall–Kier alpha value is -3.24. The first-order valence-corrected chi connectivity index (χ1v) is 10.6. The molecule has 1 fully saturated rings. The van der Waals surface area contributed by atoms with Crippen LogP contribution in [-0.2, 0) is 6.42 Å². The first kappa shape index (κ1) is 20.0. The van der Waals surface area contributed by atoms with Gasteiger partial charge in [-0.15, -0.1) is 0 Å². The van der Waals surface area contributed by atoms with Gasteiger partial charge in [-0.05, 0) is 63.1 Å². The Labute approximate surface area is 177 Å². The first-order chi connectivity index (χ1) is 14.7. The number of fused-ring (bicyclic) bond motifs is 1. The molecule has 0 amide bonds. The summed E-state index contributed by atoms with van der Waals surface area (Å²) in [4.78, 5) is 0. The van der Waals surface area contributed by atoms with Gasteiger partial charge in [0, 0.05) is 23.8 Å². The Morgan fingerprint density at radius 2 is 2.10 bits per heavy atom. The average molecular weight is 405 g/mol. The molecule has 1 aliphatic rings. The molecule has 4 rings (SSSR count). The molecule has 1 aliphatic heterocycles. The molecule has 3 N–H and O–H groups in total. The fourth-order valence-electron chi connectivity index (χ4n) is 4.06. The molecule has 2 aromatic heterocycles. The van der Waals surface area contributed by atoms with E-state index < -0.39 is 0 Å². The van der Waals surface area contributed by atoms with Crippen molar-refractivity contribution in [3.63, 3.8) is 0 Å². The van der Waals surface area contributed by atoms with Gasteiger partial charge in [0.05, 0.1) is 24.0 Å². The fraction of sp³-hybridized carbons (Fsp3) is 0.391. The Morgan fingerprint density at radius 1 is 1.27 bits per heavy atom. The molecule has 30 heavy (non-hydrogen) atoms. The van der Waals surface area contributed by atoms with Gasteiger partial charge < -0.3 is 20.7 Å². The molecule has 3 aromatic rings. The molecule has 156 valence electrons. The van der Waals surface area contributed by atoms with Crippen LogP contribution in [0.1, 0.15) is 37.8 Å². The van der Waals surface area contributed by atoms with Gasteiger partial charge in [0.2, 0.25) is 0 Å². The van der Waals surface area contributed by atoms with Crippen LogP contribution in [0, 0.1) is 11.3 Å². The van der Waals surface area contributed by atoms with Gasteiger partial charge >= 0.3 is 0 Å². The number of hydrogen-bond donors (Lipinski definition) is 3. The predicted octanol–water partition coefficient (Wildman–Crippen LogP) is 4.07. The molecule has 3 heterocycles.